The van der Waals surface area contributed by atoms with E-state index in [2.05, 4.69) is 12.2 Å². The van der Waals surface area contributed by atoms with Crippen LogP contribution >= 0.6 is 34.8 Å². The highest BCUT2D eigenvalue weighted by Crippen LogP contribution is 2.31. The number of hydrogen-bond acceptors (Lipinski definition) is 2. The average Bonchev–Trinajstić information content (AvgIpc) is 2.32. The van der Waals surface area contributed by atoms with Crippen LogP contribution in [0.5, 0.6) is 5.75 Å². The summed E-state index contributed by atoms with van der Waals surface area (Å²) in [6, 6.07) is 3.58. The number of anilines is 1. The number of halogens is 3. The normalized spacial score (nSPS) is 12.9. The Morgan fingerprint density at radius 3 is 2.20 bits per heavy atom. The first kappa shape index (κ1) is 17.4. The Labute approximate surface area is 134 Å². The van der Waals surface area contributed by atoms with Crippen LogP contribution in [0.1, 0.15) is 31.4 Å². The van der Waals surface area contributed by atoms with Crippen molar-refractivity contribution in [1.29, 1.82) is 0 Å². The Morgan fingerprint density at radius 2 is 1.80 bits per heavy atom. The van der Waals surface area contributed by atoms with Crippen LogP contribution in [0.4, 0.5) is 5.69 Å². The number of rotatable bonds is 4. The van der Waals surface area contributed by atoms with Crippen LogP contribution in [0.15, 0.2) is 12.1 Å². The molecule has 1 atom stereocenters. The molecule has 112 valence electrons. The molecule has 0 saturated heterocycles. The van der Waals surface area contributed by atoms with Gasteiger partial charge in [0.05, 0.1) is 6.10 Å². The standard InChI is InChI=1S/C14H18Cl3NO2/c1-5-10(4)20-12-8(2)6-11(7-9(12)3)18-13(19)14(15,16)17/h6-7,10H,5H2,1-4H3,(H,18,19). The maximum absolute atomic E-state index is 11.6. The second kappa shape index (κ2) is 6.88. The number of aryl methyl sites for hydroxylation is 2. The first-order valence-corrected chi connectivity index (χ1v) is 7.44. The smallest absolute Gasteiger partial charge is 0.276 e. The largest absolute Gasteiger partial charge is 0.490 e. The first-order chi connectivity index (χ1) is 9.15. The first-order valence-electron chi connectivity index (χ1n) is 6.31. The molecule has 0 heterocycles. The van der Waals surface area contributed by atoms with E-state index in [4.69, 9.17) is 39.5 Å². The quantitative estimate of drug-likeness (QED) is 0.802. The van der Waals surface area contributed by atoms with Crippen molar-refractivity contribution in [2.24, 2.45) is 0 Å². The van der Waals surface area contributed by atoms with Crippen molar-refractivity contribution in [2.45, 2.75) is 44.0 Å². The highest BCUT2D eigenvalue weighted by atomic mass is 35.6. The Morgan fingerprint density at radius 1 is 1.30 bits per heavy atom. The van der Waals surface area contributed by atoms with Crippen LogP contribution in [0.3, 0.4) is 0 Å². The molecule has 6 heteroatoms. The highest BCUT2D eigenvalue weighted by molar-refractivity contribution is 6.76. The number of carbonyl (C=O) groups excluding carboxylic acids is 1. The van der Waals surface area contributed by atoms with Crippen molar-refractivity contribution in [2.75, 3.05) is 5.32 Å². The summed E-state index contributed by atoms with van der Waals surface area (Å²) in [6.45, 7) is 7.90. The molecule has 0 saturated carbocycles. The third-order valence-electron chi connectivity index (χ3n) is 2.87. The Bertz CT molecular complexity index is 475. The van der Waals surface area contributed by atoms with Crippen LogP contribution in [-0.4, -0.2) is 15.8 Å². The Hall–Kier alpha value is -0.640. The zero-order valence-corrected chi connectivity index (χ0v) is 14.2. The van der Waals surface area contributed by atoms with E-state index >= 15 is 0 Å². The summed E-state index contributed by atoms with van der Waals surface area (Å²) >= 11 is 16.6. The molecule has 1 N–H and O–H groups in total. The second-order valence-electron chi connectivity index (χ2n) is 4.73. The topological polar surface area (TPSA) is 38.3 Å². The van der Waals surface area contributed by atoms with Gasteiger partial charge in [0.15, 0.2) is 0 Å². The summed E-state index contributed by atoms with van der Waals surface area (Å²) in [7, 11) is 0. The van der Waals surface area contributed by atoms with Crippen molar-refractivity contribution in [3.63, 3.8) is 0 Å². The lowest BCUT2D eigenvalue weighted by Gasteiger charge is -2.19. The van der Waals surface area contributed by atoms with E-state index in [1.165, 1.54) is 0 Å². The van der Waals surface area contributed by atoms with Crippen molar-refractivity contribution < 1.29 is 9.53 Å². The van der Waals surface area contributed by atoms with Gasteiger partial charge in [-0.25, -0.2) is 0 Å². The highest BCUT2D eigenvalue weighted by Gasteiger charge is 2.30. The van der Waals surface area contributed by atoms with Gasteiger partial charge in [-0.15, -0.1) is 0 Å². The number of carbonyl (C=O) groups is 1. The number of ether oxygens (including phenoxy) is 1. The van der Waals surface area contributed by atoms with E-state index in [-0.39, 0.29) is 6.10 Å². The molecule has 1 unspecified atom stereocenters. The number of nitrogens with one attached hydrogen (secondary N) is 1. The molecule has 0 radical (unpaired) electrons. The second-order valence-corrected chi connectivity index (χ2v) is 7.01. The fraction of sp³-hybridized carbons (Fsp3) is 0.500. The monoisotopic (exact) mass is 337 g/mol. The van der Waals surface area contributed by atoms with Crippen LogP contribution in [0.2, 0.25) is 0 Å². The Kier molecular flexibility index (Phi) is 5.99. The summed E-state index contributed by atoms with van der Waals surface area (Å²) in [5, 5.41) is 2.57. The number of hydrogen-bond donors (Lipinski definition) is 1. The van der Waals surface area contributed by atoms with Crippen LogP contribution in [-0.2, 0) is 4.79 Å². The lowest BCUT2D eigenvalue weighted by Crippen LogP contribution is -2.27. The molecule has 1 rings (SSSR count). The van der Waals surface area contributed by atoms with E-state index in [0.29, 0.717) is 5.69 Å². The minimum absolute atomic E-state index is 0.133. The molecule has 1 aromatic carbocycles. The van der Waals surface area contributed by atoms with Crippen molar-refractivity contribution in [1.82, 2.24) is 0 Å². The number of alkyl halides is 3. The lowest BCUT2D eigenvalue weighted by atomic mass is 10.1. The zero-order chi connectivity index (χ0) is 15.5. The molecule has 1 amide bonds. The molecule has 0 aromatic heterocycles. The summed E-state index contributed by atoms with van der Waals surface area (Å²) < 4.78 is 3.88. The van der Waals surface area contributed by atoms with E-state index in [1.807, 2.05) is 20.8 Å². The lowest BCUT2D eigenvalue weighted by molar-refractivity contribution is -0.115. The summed E-state index contributed by atoms with van der Waals surface area (Å²) in [4.78, 5) is 11.6. The molecule has 20 heavy (non-hydrogen) atoms. The van der Waals surface area contributed by atoms with Gasteiger partial charge in [-0.2, -0.15) is 0 Å². The molecule has 1 aromatic rings. The molecule has 0 spiro atoms. The minimum Gasteiger partial charge on any atom is -0.490 e. The molecule has 3 nitrogen and oxygen atoms in total. The SMILES string of the molecule is CCC(C)Oc1c(C)cc(NC(=O)C(Cl)(Cl)Cl)cc1C. The van der Waals surface area contributed by atoms with Gasteiger partial charge in [0.2, 0.25) is 0 Å². The van der Waals surface area contributed by atoms with Crippen molar-refractivity contribution in [3.8, 4) is 5.75 Å². The van der Waals surface area contributed by atoms with E-state index < -0.39 is 9.70 Å². The third kappa shape index (κ3) is 4.72. The van der Waals surface area contributed by atoms with E-state index in [0.717, 1.165) is 23.3 Å². The summed E-state index contributed by atoms with van der Waals surface area (Å²) in [5.41, 5.74) is 2.42. The molecule has 0 fully saturated rings. The van der Waals surface area contributed by atoms with Gasteiger partial charge in [0.1, 0.15) is 5.75 Å². The van der Waals surface area contributed by atoms with Gasteiger partial charge in [-0.3, -0.25) is 4.79 Å². The Balaban J connectivity index is 2.96. The van der Waals surface area contributed by atoms with Gasteiger partial charge in [-0.05, 0) is 50.5 Å². The summed E-state index contributed by atoms with van der Waals surface area (Å²) in [6.07, 6.45) is 1.05. The number of benzene rings is 1. The molecular weight excluding hydrogens is 321 g/mol. The maximum Gasteiger partial charge on any atom is 0.276 e. The average molecular weight is 339 g/mol. The van der Waals surface area contributed by atoms with Gasteiger partial charge < -0.3 is 10.1 Å². The van der Waals surface area contributed by atoms with Gasteiger partial charge >= 0.3 is 0 Å². The molecule has 0 bridgehead atoms. The predicted molar refractivity (Wildman–Crippen MR) is 85.2 cm³/mol. The fourth-order valence-electron chi connectivity index (χ4n) is 1.69. The zero-order valence-electron chi connectivity index (χ0n) is 11.9. The molecule has 0 aliphatic carbocycles. The van der Waals surface area contributed by atoms with E-state index in [9.17, 15) is 4.79 Å². The van der Waals surface area contributed by atoms with Crippen LogP contribution in [0, 0.1) is 13.8 Å². The van der Waals surface area contributed by atoms with Gasteiger partial charge in [0, 0.05) is 5.69 Å². The molecular formula is C14H18Cl3NO2. The fourth-order valence-corrected chi connectivity index (χ4v) is 1.84. The van der Waals surface area contributed by atoms with Gasteiger partial charge in [0.25, 0.3) is 9.70 Å². The maximum atomic E-state index is 11.6. The predicted octanol–water partition coefficient (Wildman–Crippen LogP) is 4.79. The summed E-state index contributed by atoms with van der Waals surface area (Å²) in [5.74, 6) is 0.142. The van der Waals surface area contributed by atoms with Crippen molar-refractivity contribution >= 4 is 46.4 Å². The minimum atomic E-state index is -1.98. The third-order valence-corrected chi connectivity index (χ3v) is 3.38. The van der Waals surface area contributed by atoms with Crippen molar-refractivity contribution in [3.05, 3.63) is 23.3 Å². The van der Waals surface area contributed by atoms with Gasteiger partial charge in [-0.1, -0.05) is 41.7 Å². The van der Waals surface area contributed by atoms with E-state index in [1.54, 1.807) is 12.1 Å². The van der Waals surface area contributed by atoms with Crippen LogP contribution < -0.4 is 10.1 Å². The van der Waals surface area contributed by atoms with Crippen LogP contribution in [0.25, 0.3) is 0 Å². The number of amides is 1. The molecule has 0 aliphatic heterocycles. The molecule has 0 aliphatic rings.